The highest BCUT2D eigenvalue weighted by Gasteiger charge is 2.16. The summed E-state index contributed by atoms with van der Waals surface area (Å²) in [5.41, 5.74) is 1.70. The number of aromatic nitrogens is 2. The lowest BCUT2D eigenvalue weighted by atomic mass is 10.1. The molecule has 0 fully saturated rings. The Bertz CT molecular complexity index is 1520. The van der Waals surface area contributed by atoms with Gasteiger partial charge in [-0.2, -0.15) is 9.78 Å². The fraction of sp³-hybridized carbons (Fsp3) is 0.192. The summed E-state index contributed by atoms with van der Waals surface area (Å²) in [5, 5.41) is 6.54. The molecule has 186 valence electrons. The van der Waals surface area contributed by atoms with Gasteiger partial charge in [-0.1, -0.05) is 82.2 Å². The minimum absolute atomic E-state index is 0.0190. The Hall–Kier alpha value is -2.09. The van der Waals surface area contributed by atoms with Crippen molar-refractivity contribution in [1.29, 1.82) is 0 Å². The lowest BCUT2D eigenvalue weighted by Crippen LogP contribution is -2.23. The molecule has 0 aliphatic rings. The summed E-state index contributed by atoms with van der Waals surface area (Å²) in [5.74, 6) is 0.910. The van der Waals surface area contributed by atoms with Gasteiger partial charge in [-0.15, -0.1) is 0 Å². The van der Waals surface area contributed by atoms with E-state index in [9.17, 15) is 4.79 Å². The average molecular weight is 628 g/mol. The van der Waals surface area contributed by atoms with Gasteiger partial charge in [0.05, 0.1) is 27.2 Å². The quantitative estimate of drug-likeness (QED) is 0.193. The van der Waals surface area contributed by atoms with E-state index in [0.29, 0.717) is 48.1 Å². The van der Waals surface area contributed by atoms with E-state index in [2.05, 4.69) is 21.0 Å². The van der Waals surface area contributed by atoms with Crippen molar-refractivity contribution in [2.45, 2.75) is 32.8 Å². The van der Waals surface area contributed by atoms with Crippen molar-refractivity contribution in [2.75, 3.05) is 0 Å². The summed E-state index contributed by atoms with van der Waals surface area (Å²) in [7, 11) is 0. The highest BCUT2D eigenvalue weighted by Crippen LogP contribution is 2.35. The van der Waals surface area contributed by atoms with Crippen LogP contribution in [0, 0.1) is 0 Å². The van der Waals surface area contributed by atoms with Gasteiger partial charge in [0.1, 0.15) is 12.4 Å². The van der Waals surface area contributed by atoms with Crippen molar-refractivity contribution in [1.82, 2.24) is 9.66 Å². The number of nitrogens with zero attached hydrogens (tertiary/aromatic N) is 3. The van der Waals surface area contributed by atoms with E-state index in [0.717, 1.165) is 16.5 Å². The third-order valence-electron chi connectivity index (χ3n) is 5.62. The Morgan fingerprint density at radius 3 is 2.44 bits per heavy atom. The van der Waals surface area contributed by atoms with Gasteiger partial charge in [0.15, 0.2) is 5.75 Å². The number of rotatable bonds is 7. The van der Waals surface area contributed by atoms with Crippen molar-refractivity contribution in [3.8, 4) is 5.75 Å². The number of fused-ring (bicyclic) bond motifs is 1. The largest absolute Gasteiger partial charge is 0.486 e. The van der Waals surface area contributed by atoms with Gasteiger partial charge in [-0.05, 0) is 54.4 Å². The number of benzene rings is 3. The third kappa shape index (κ3) is 5.90. The lowest BCUT2D eigenvalue weighted by Gasteiger charge is -2.14. The predicted molar refractivity (Wildman–Crippen MR) is 153 cm³/mol. The third-order valence-corrected chi connectivity index (χ3v) is 7.26. The van der Waals surface area contributed by atoms with E-state index >= 15 is 0 Å². The summed E-state index contributed by atoms with van der Waals surface area (Å²) in [4.78, 5) is 18.0. The highest BCUT2D eigenvalue weighted by atomic mass is 79.9. The Labute approximate surface area is 236 Å². The molecule has 0 aliphatic heterocycles. The van der Waals surface area contributed by atoms with Gasteiger partial charge < -0.3 is 4.74 Å². The topological polar surface area (TPSA) is 56.5 Å². The summed E-state index contributed by atoms with van der Waals surface area (Å²) in [6.45, 7) is 4.20. The number of halogens is 5. The maximum absolute atomic E-state index is 13.3. The Balaban J connectivity index is 1.66. The molecule has 1 heterocycles. The number of ether oxygens (including phenoxy) is 1. The molecule has 0 saturated carbocycles. The average Bonchev–Trinajstić information content (AvgIpc) is 2.83. The first-order valence-electron chi connectivity index (χ1n) is 11.0. The summed E-state index contributed by atoms with van der Waals surface area (Å²) in [6, 6.07) is 13.9. The molecule has 10 heteroatoms. The van der Waals surface area contributed by atoms with Crippen molar-refractivity contribution in [2.24, 2.45) is 5.10 Å². The molecular weight excluding hydrogens is 608 g/mol. The molecule has 1 atom stereocenters. The smallest absolute Gasteiger partial charge is 0.282 e. The highest BCUT2D eigenvalue weighted by molar-refractivity contribution is 9.10. The van der Waals surface area contributed by atoms with Crippen molar-refractivity contribution in [3.63, 3.8) is 0 Å². The molecule has 0 saturated heterocycles. The summed E-state index contributed by atoms with van der Waals surface area (Å²) in [6.07, 6.45) is 2.32. The molecule has 0 spiro atoms. The van der Waals surface area contributed by atoms with E-state index < -0.39 is 0 Å². The van der Waals surface area contributed by atoms with Crippen LogP contribution in [0.25, 0.3) is 10.9 Å². The van der Waals surface area contributed by atoms with Crippen LogP contribution in [0.2, 0.25) is 20.1 Å². The van der Waals surface area contributed by atoms with E-state index in [1.807, 2.05) is 26.0 Å². The van der Waals surface area contributed by atoms with E-state index in [1.54, 1.807) is 36.4 Å². The first-order valence-corrected chi connectivity index (χ1v) is 13.3. The lowest BCUT2D eigenvalue weighted by molar-refractivity contribution is 0.306. The molecule has 0 N–H and O–H groups in total. The van der Waals surface area contributed by atoms with Crippen LogP contribution in [0.1, 0.15) is 43.1 Å². The standard InChI is InChI=1S/C26H20BrCl4N3O2/c1-3-14(2)25-33-23-7-5-17(27)10-19(23)26(35)34(25)32-12-15-8-21(30)24(22(31)9-15)36-13-16-4-6-18(28)11-20(16)29/h4-12,14H,3,13H2,1-2H3/t14-/m0/s1. The monoisotopic (exact) mass is 625 g/mol. The van der Waals surface area contributed by atoms with Crippen molar-refractivity contribution < 1.29 is 4.74 Å². The van der Waals surface area contributed by atoms with Crippen LogP contribution in [0.15, 0.2) is 62.9 Å². The molecule has 36 heavy (non-hydrogen) atoms. The molecule has 5 nitrogen and oxygen atoms in total. The van der Waals surface area contributed by atoms with E-state index in [-0.39, 0.29) is 18.1 Å². The molecule has 0 bridgehead atoms. The Morgan fingerprint density at radius 1 is 1.06 bits per heavy atom. The SMILES string of the molecule is CC[C@H](C)c1nc2ccc(Br)cc2c(=O)n1N=Cc1cc(Cl)c(OCc2ccc(Cl)cc2Cl)c(Cl)c1. The minimum atomic E-state index is -0.259. The maximum atomic E-state index is 13.3. The van der Waals surface area contributed by atoms with Crippen molar-refractivity contribution >= 4 is 79.5 Å². The van der Waals surface area contributed by atoms with Crippen LogP contribution in [-0.4, -0.2) is 15.9 Å². The second-order valence-corrected chi connectivity index (χ2v) is 10.7. The zero-order valence-electron chi connectivity index (χ0n) is 19.2. The molecule has 4 aromatic rings. The normalized spacial score (nSPS) is 12.4. The van der Waals surface area contributed by atoms with Crippen LogP contribution in [-0.2, 0) is 6.61 Å². The minimum Gasteiger partial charge on any atom is -0.486 e. The first-order chi connectivity index (χ1) is 17.2. The van der Waals surface area contributed by atoms with E-state index in [4.69, 9.17) is 56.1 Å². The predicted octanol–water partition coefficient (Wildman–Crippen LogP) is 8.75. The van der Waals surface area contributed by atoms with Crippen LogP contribution < -0.4 is 10.3 Å². The van der Waals surface area contributed by atoms with Gasteiger partial charge in [0, 0.05) is 26.0 Å². The molecular formula is C26H20BrCl4N3O2. The summed E-state index contributed by atoms with van der Waals surface area (Å²) >= 11 is 28.5. The second kappa shape index (κ2) is 11.5. The van der Waals surface area contributed by atoms with Crippen LogP contribution in [0.4, 0.5) is 0 Å². The molecule has 4 rings (SSSR count). The van der Waals surface area contributed by atoms with Gasteiger partial charge in [0.2, 0.25) is 0 Å². The zero-order chi connectivity index (χ0) is 26.0. The first kappa shape index (κ1) is 27.0. The molecule has 1 aromatic heterocycles. The molecule has 0 radical (unpaired) electrons. The van der Waals surface area contributed by atoms with Crippen molar-refractivity contribution in [3.05, 3.63) is 100 Å². The number of hydrogen-bond donors (Lipinski definition) is 0. The van der Waals surface area contributed by atoms with E-state index in [1.165, 1.54) is 10.9 Å². The summed E-state index contributed by atoms with van der Waals surface area (Å²) < 4.78 is 7.95. The Kier molecular flexibility index (Phi) is 8.63. The molecule has 0 aliphatic carbocycles. The molecule has 0 amide bonds. The molecule has 0 unspecified atom stereocenters. The zero-order valence-corrected chi connectivity index (χ0v) is 23.8. The van der Waals surface area contributed by atoms with Gasteiger partial charge in [-0.25, -0.2) is 4.98 Å². The maximum Gasteiger partial charge on any atom is 0.282 e. The van der Waals surface area contributed by atoms with Gasteiger partial charge >= 0.3 is 0 Å². The van der Waals surface area contributed by atoms with Gasteiger partial charge in [-0.3, -0.25) is 4.79 Å². The Morgan fingerprint density at radius 2 is 1.78 bits per heavy atom. The van der Waals surface area contributed by atoms with Gasteiger partial charge in [0.25, 0.3) is 5.56 Å². The van der Waals surface area contributed by atoms with Crippen LogP contribution in [0.3, 0.4) is 0 Å². The second-order valence-electron chi connectivity index (χ2n) is 8.14. The fourth-order valence-electron chi connectivity index (χ4n) is 3.48. The fourth-order valence-corrected chi connectivity index (χ4v) is 4.92. The van der Waals surface area contributed by atoms with Crippen LogP contribution >= 0.6 is 62.3 Å². The number of hydrogen-bond acceptors (Lipinski definition) is 4. The molecule has 3 aromatic carbocycles. The van der Waals surface area contributed by atoms with Crippen LogP contribution in [0.5, 0.6) is 5.75 Å².